The number of hydrogen-bond acceptors (Lipinski definition) is 6. The van der Waals surface area contributed by atoms with Crippen LogP contribution >= 0.6 is 0 Å². The van der Waals surface area contributed by atoms with Crippen LogP contribution in [0, 0.1) is 0 Å². The number of aliphatic hydroxyl groups is 2. The first kappa shape index (κ1) is 23.5. The van der Waals surface area contributed by atoms with Crippen LogP contribution in [0.15, 0.2) is 84.9 Å². The van der Waals surface area contributed by atoms with Crippen LogP contribution < -0.4 is 10.6 Å². The summed E-state index contributed by atoms with van der Waals surface area (Å²) in [5, 5.41) is 24.7. The van der Waals surface area contributed by atoms with Gasteiger partial charge >= 0.3 is 0 Å². The van der Waals surface area contributed by atoms with Crippen molar-refractivity contribution in [2.24, 2.45) is 0 Å². The van der Waals surface area contributed by atoms with Crippen LogP contribution in [0.25, 0.3) is 0 Å². The summed E-state index contributed by atoms with van der Waals surface area (Å²) in [7, 11) is 0. The highest BCUT2D eigenvalue weighted by atomic mass is 16.3. The molecule has 0 bridgehead atoms. The fraction of sp³-hybridized carbons (Fsp3) is 0.133. The Balaban J connectivity index is 1.36. The minimum atomic E-state index is -0.179. The van der Waals surface area contributed by atoms with Gasteiger partial charge in [-0.15, -0.1) is 0 Å². The molecule has 0 unspecified atom stereocenters. The van der Waals surface area contributed by atoms with E-state index in [1.54, 1.807) is 36.4 Å². The van der Waals surface area contributed by atoms with Crippen molar-refractivity contribution < 1.29 is 19.8 Å². The molecule has 6 nitrogen and oxygen atoms in total. The Bertz CT molecular complexity index is 1320. The molecule has 4 aromatic rings. The molecule has 0 aromatic heterocycles. The minimum Gasteiger partial charge on any atom is -0.396 e. The fourth-order valence-electron chi connectivity index (χ4n) is 4.41. The highest BCUT2D eigenvalue weighted by Gasteiger charge is 2.30. The van der Waals surface area contributed by atoms with Gasteiger partial charge in [0.2, 0.25) is 0 Å². The average molecular weight is 479 g/mol. The highest BCUT2D eigenvalue weighted by molar-refractivity contribution is 6.29. The smallest absolute Gasteiger partial charge is 0.194 e. The lowest BCUT2D eigenvalue weighted by molar-refractivity contribution is 0.0979. The van der Waals surface area contributed by atoms with Crippen LogP contribution in [-0.2, 0) is 12.8 Å². The number of carbonyl (C=O) groups is 2. The first-order chi connectivity index (χ1) is 17.6. The predicted molar refractivity (Wildman–Crippen MR) is 141 cm³/mol. The molecule has 0 aliphatic heterocycles. The number of ketones is 2. The minimum absolute atomic E-state index is 0.102. The van der Waals surface area contributed by atoms with Crippen LogP contribution in [0.4, 0.5) is 22.7 Å². The number of aliphatic hydroxyl groups excluding tert-OH is 2. The summed E-state index contributed by atoms with van der Waals surface area (Å²) >= 11 is 0. The van der Waals surface area contributed by atoms with Gasteiger partial charge in [0.15, 0.2) is 11.6 Å². The topological polar surface area (TPSA) is 98.7 Å². The number of nitrogens with one attached hydrogen (secondary N) is 2. The van der Waals surface area contributed by atoms with Gasteiger partial charge in [-0.3, -0.25) is 9.59 Å². The molecule has 0 radical (unpaired) electrons. The quantitative estimate of drug-likeness (QED) is 0.250. The van der Waals surface area contributed by atoms with E-state index in [9.17, 15) is 9.59 Å². The lowest BCUT2D eigenvalue weighted by Crippen LogP contribution is -2.21. The van der Waals surface area contributed by atoms with Gasteiger partial charge in [-0.05, 0) is 84.6 Å². The molecule has 1 aliphatic carbocycles. The van der Waals surface area contributed by atoms with Crippen molar-refractivity contribution in [2.45, 2.75) is 12.8 Å². The Morgan fingerprint density at radius 1 is 0.472 bits per heavy atom. The SMILES string of the molecule is O=C1c2ccc(Nc3ccc(CCO)cc3)cc2C(=O)c2ccc(Nc3ccc(CCO)cc3)cc21. The van der Waals surface area contributed by atoms with E-state index in [-0.39, 0.29) is 24.8 Å². The maximum absolute atomic E-state index is 13.3. The van der Waals surface area contributed by atoms with Gasteiger partial charge in [0, 0.05) is 58.2 Å². The van der Waals surface area contributed by atoms with Crippen molar-refractivity contribution in [3.8, 4) is 0 Å². The van der Waals surface area contributed by atoms with E-state index in [0.29, 0.717) is 35.1 Å². The molecule has 5 rings (SSSR count). The number of benzene rings is 4. The molecular formula is C30H26N2O4. The molecule has 0 amide bonds. The second kappa shape index (κ2) is 10.2. The maximum atomic E-state index is 13.3. The first-order valence-electron chi connectivity index (χ1n) is 11.9. The van der Waals surface area contributed by atoms with E-state index >= 15 is 0 Å². The van der Waals surface area contributed by atoms with Crippen molar-refractivity contribution in [3.63, 3.8) is 0 Å². The number of carbonyl (C=O) groups excluding carboxylic acids is 2. The van der Waals surface area contributed by atoms with Crippen LogP contribution in [0.2, 0.25) is 0 Å². The molecule has 4 N–H and O–H groups in total. The Hall–Kier alpha value is -4.26. The summed E-state index contributed by atoms with van der Waals surface area (Å²) in [4.78, 5) is 26.6. The lowest BCUT2D eigenvalue weighted by Gasteiger charge is -2.20. The van der Waals surface area contributed by atoms with Crippen LogP contribution in [0.3, 0.4) is 0 Å². The molecule has 0 saturated carbocycles. The van der Waals surface area contributed by atoms with Gasteiger partial charge in [-0.1, -0.05) is 24.3 Å². The second-order valence-corrected chi connectivity index (χ2v) is 8.77. The maximum Gasteiger partial charge on any atom is 0.194 e. The van der Waals surface area contributed by atoms with Gasteiger partial charge in [-0.2, -0.15) is 0 Å². The standard InChI is InChI=1S/C30H26N2O4/c33-15-13-19-1-5-21(6-2-19)31-23-9-11-25-27(17-23)29(35)26-12-10-24(18-28(26)30(25)36)32-22-7-3-20(4-8-22)14-16-34/h1-12,17-18,31-34H,13-16H2. The van der Waals surface area contributed by atoms with Crippen molar-refractivity contribution in [1.82, 2.24) is 0 Å². The van der Waals surface area contributed by atoms with E-state index in [0.717, 1.165) is 33.9 Å². The number of rotatable bonds is 8. The Morgan fingerprint density at radius 2 is 0.833 bits per heavy atom. The molecule has 0 saturated heterocycles. The van der Waals surface area contributed by atoms with Gasteiger partial charge < -0.3 is 20.8 Å². The van der Waals surface area contributed by atoms with Crippen molar-refractivity contribution in [2.75, 3.05) is 23.8 Å². The van der Waals surface area contributed by atoms with Crippen LogP contribution in [-0.4, -0.2) is 35.0 Å². The Labute approximate surface area is 209 Å². The third-order valence-electron chi connectivity index (χ3n) is 6.30. The first-order valence-corrected chi connectivity index (χ1v) is 11.9. The fourth-order valence-corrected chi connectivity index (χ4v) is 4.41. The molecule has 0 heterocycles. The highest BCUT2D eigenvalue weighted by Crippen LogP contribution is 2.32. The number of fused-ring (bicyclic) bond motifs is 2. The van der Waals surface area contributed by atoms with Gasteiger partial charge in [0.1, 0.15) is 0 Å². The molecular weight excluding hydrogens is 452 g/mol. The molecule has 6 heteroatoms. The summed E-state index contributed by atoms with van der Waals surface area (Å²) in [6, 6.07) is 25.9. The molecule has 1 aliphatic rings. The molecule has 180 valence electrons. The summed E-state index contributed by atoms with van der Waals surface area (Å²) in [5.41, 5.74) is 6.77. The third-order valence-corrected chi connectivity index (χ3v) is 6.30. The zero-order valence-corrected chi connectivity index (χ0v) is 19.6. The molecule has 0 spiro atoms. The third kappa shape index (κ3) is 4.77. The van der Waals surface area contributed by atoms with Gasteiger partial charge in [-0.25, -0.2) is 0 Å². The molecule has 0 atom stereocenters. The normalized spacial score (nSPS) is 12.2. The largest absolute Gasteiger partial charge is 0.396 e. The average Bonchev–Trinajstić information content (AvgIpc) is 2.90. The van der Waals surface area contributed by atoms with Crippen molar-refractivity contribution in [1.29, 1.82) is 0 Å². The Morgan fingerprint density at radius 3 is 1.19 bits per heavy atom. The second-order valence-electron chi connectivity index (χ2n) is 8.77. The Kier molecular flexibility index (Phi) is 6.62. The lowest BCUT2D eigenvalue weighted by atomic mass is 9.83. The van der Waals surface area contributed by atoms with Crippen LogP contribution in [0.1, 0.15) is 43.0 Å². The van der Waals surface area contributed by atoms with E-state index in [2.05, 4.69) is 10.6 Å². The summed E-state index contributed by atoms with van der Waals surface area (Å²) in [6.07, 6.45) is 1.20. The summed E-state index contributed by atoms with van der Waals surface area (Å²) in [5.74, 6) is -0.358. The van der Waals surface area contributed by atoms with Gasteiger partial charge in [0.05, 0.1) is 0 Å². The van der Waals surface area contributed by atoms with E-state index in [1.807, 2.05) is 48.5 Å². The number of anilines is 4. The zero-order valence-electron chi connectivity index (χ0n) is 19.6. The summed E-state index contributed by atoms with van der Waals surface area (Å²) < 4.78 is 0. The van der Waals surface area contributed by atoms with Crippen LogP contribution in [0.5, 0.6) is 0 Å². The zero-order chi connectivity index (χ0) is 25.1. The predicted octanol–water partition coefficient (Wildman–Crippen LogP) is 5.02. The van der Waals surface area contributed by atoms with E-state index in [1.165, 1.54) is 0 Å². The van der Waals surface area contributed by atoms with E-state index < -0.39 is 0 Å². The van der Waals surface area contributed by atoms with E-state index in [4.69, 9.17) is 10.2 Å². The molecule has 4 aromatic carbocycles. The number of hydrogen-bond donors (Lipinski definition) is 4. The molecule has 36 heavy (non-hydrogen) atoms. The van der Waals surface area contributed by atoms with Gasteiger partial charge in [0.25, 0.3) is 0 Å². The van der Waals surface area contributed by atoms with Crippen molar-refractivity contribution in [3.05, 3.63) is 118 Å². The van der Waals surface area contributed by atoms with Crippen molar-refractivity contribution >= 4 is 34.3 Å². The molecule has 0 fully saturated rings. The monoisotopic (exact) mass is 478 g/mol. The summed E-state index contributed by atoms with van der Waals surface area (Å²) in [6.45, 7) is 0.205.